The molecule has 0 fully saturated rings. The summed E-state index contributed by atoms with van der Waals surface area (Å²) < 4.78 is 13.9. The Balaban J connectivity index is 1.20. The molecule has 1 amide bonds. The van der Waals surface area contributed by atoms with Crippen LogP contribution in [0.5, 0.6) is 11.5 Å². The van der Waals surface area contributed by atoms with E-state index >= 15 is 0 Å². The van der Waals surface area contributed by atoms with Crippen LogP contribution in [0.1, 0.15) is 18.0 Å². The van der Waals surface area contributed by atoms with Gasteiger partial charge in [-0.05, 0) is 42.0 Å². The van der Waals surface area contributed by atoms with Crippen LogP contribution in [-0.4, -0.2) is 37.8 Å². The van der Waals surface area contributed by atoms with Crippen molar-refractivity contribution in [3.05, 3.63) is 69.6 Å². The fourth-order valence-corrected chi connectivity index (χ4v) is 5.35. The highest BCUT2D eigenvalue weighted by atomic mass is 35.5. The Labute approximate surface area is 202 Å². The van der Waals surface area contributed by atoms with Crippen molar-refractivity contribution in [1.29, 1.82) is 0 Å². The van der Waals surface area contributed by atoms with E-state index < -0.39 is 0 Å². The number of fused-ring (bicyclic) bond motifs is 3. The number of carbonyl (C=O) groups is 1. The second kappa shape index (κ2) is 8.37. The minimum atomic E-state index is -0.278. The molecular weight excluding hydrogens is 478 g/mol. The first-order valence-electron chi connectivity index (χ1n) is 10.6. The zero-order chi connectivity index (χ0) is 23.2. The highest BCUT2D eigenvalue weighted by Crippen LogP contribution is 2.34. The lowest BCUT2D eigenvalue weighted by Crippen LogP contribution is -2.30. The number of rotatable bonds is 5. The van der Waals surface area contributed by atoms with E-state index in [0.29, 0.717) is 45.0 Å². The molecule has 0 spiro atoms. The third kappa shape index (κ3) is 3.68. The molecular formula is C23H18ClN5O4S. The van der Waals surface area contributed by atoms with Crippen molar-refractivity contribution in [2.24, 2.45) is 0 Å². The maximum Gasteiger partial charge on any atom is 0.265 e. The monoisotopic (exact) mass is 495 g/mol. The molecule has 1 atom stereocenters. The fraction of sp³-hybridized carbons (Fsp3) is 0.217. The standard InChI is InChI=1S/C23H18ClN5O4S/c24-14-2-4-15(5-3-14)29-21-17(10-26-29)22(31)28-16(11-34-23(28)27-21)8-20(30)25-9-13-1-6-18-19(7-13)33-12-32-18/h1-7,10,16H,8-9,11-12H2,(H,25,30). The van der Waals surface area contributed by atoms with Crippen molar-refractivity contribution < 1.29 is 14.3 Å². The van der Waals surface area contributed by atoms with Gasteiger partial charge in [-0.25, -0.2) is 9.67 Å². The summed E-state index contributed by atoms with van der Waals surface area (Å²) in [6, 6.07) is 12.5. The Kier molecular flexibility index (Phi) is 5.19. The predicted octanol–water partition coefficient (Wildman–Crippen LogP) is 3.32. The fourth-order valence-electron chi connectivity index (χ4n) is 4.09. The lowest BCUT2D eigenvalue weighted by atomic mass is 10.2. The van der Waals surface area contributed by atoms with Gasteiger partial charge in [0.15, 0.2) is 22.3 Å². The number of thioether (sulfide) groups is 1. The minimum absolute atomic E-state index is 0.139. The van der Waals surface area contributed by atoms with Crippen LogP contribution < -0.4 is 20.3 Å². The van der Waals surface area contributed by atoms with Crippen molar-refractivity contribution in [1.82, 2.24) is 24.6 Å². The molecule has 0 bridgehead atoms. The molecule has 2 aromatic carbocycles. The summed E-state index contributed by atoms with van der Waals surface area (Å²) in [5, 5.41) is 8.90. The molecule has 9 nitrogen and oxygen atoms in total. The van der Waals surface area contributed by atoms with Crippen LogP contribution in [-0.2, 0) is 11.3 Å². The number of carbonyl (C=O) groups excluding carboxylic acids is 1. The molecule has 4 aromatic rings. The number of hydrogen-bond donors (Lipinski definition) is 1. The van der Waals surface area contributed by atoms with Crippen molar-refractivity contribution in [2.45, 2.75) is 24.2 Å². The van der Waals surface area contributed by atoms with Crippen molar-refractivity contribution in [2.75, 3.05) is 12.5 Å². The van der Waals surface area contributed by atoms with Gasteiger partial charge in [0.1, 0.15) is 5.39 Å². The highest BCUT2D eigenvalue weighted by Gasteiger charge is 2.29. The molecule has 2 aromatic heterocycles. The van der Waals surface area contributed by atoms with Crippen molar-refractivity contribution >= 4 is 40.3 Å². The summed E-state index contributed by atoms with van der Waals surface area (Å²) in [5.41, 5.74) is 1.96. The molecule has 2 aliphatic rings. The number of nitrogens with one attached hydrogen (secondary N) is 1. The summed E-state index contributed by atoms with van der Waals surface area (Å²) in [6.45, 7) is 0.570. The van der Waals surface area contributed by atoms with Crippen LogP contribution in [0.2, 0.25) is 5.02 Å². The van der Waals surface area contributed by atoms with Gasteiger partial charge in [-0.3, -0.25) is 14.2 Å². The Bertz CT molecular complexity index is 1480. The summed E-state index contributed by atoms with van der Waals surface area (Å²) in [4.78, 5) is 30.6. The van der Waals surface area contributed by atoms with Gasteiger partial charge in [0.2, 0.25) is 12.7 Å². The van der Waals surface area contributed by atoms with Gasteiger partial charge in [0, 0.05) is 23.7 Å². The molecule has 6 rings (SSSR count). The van der Waals surface area contributed by atoms with Gasteiger partial charge in [-0.15, -0.1) is 0 Å². The molecule has 2 aliphatic heterocycles. The van der Waals surface area contributed by atoms with Crippen LogP contribution in [0.25, 0.3) is 16.7 Å². The third-order valence-corrected chi connectivity index (χ3v) is 7.14. The second-order valence-corrected chi connectivity index (χ2v) is 9.40. The van der Waals surface area contributed by atoms with Gasteiger partial charge >= 0.3 is 0 Å². The molecule has 172 valence electrons. The zero-order valence-electron chi connectivity index (χ0n) is 17.7. The summed E-state index contributed by atoms with van der Waals surface area (Å²) >= 11 is 7.45. The summed E-state index contributed by atoms with van der Waals surface area (Å²) in [5.74, 6) is 1.83. The number of amides is 1. The van der Waals surface area contributed by atoms with E-state index in [9.17, 15) is 9.59 Å². The number of aromatic nitrogens is 4. The first-order valence-corrected chi connectivity index (χ1v) is 12.0. The Morgan fingerprint density at radius 1 is 1.18 bits per heavy atom. The maximum atomic E-state index is 13.3. The van der Waals surface area contributed by atoms with Crippen LogP contribution >= 0.6 is 23.4 Å². The topological polar surface area (TPSA) is 100 Å². The van der Waals surface area contributed by atoms with E-state index in [4.69, 9.17) is 26.1 Å². The van der Waals surface area contributed by atoms with Crippen LogP contribution in [0, 0.1) is 0 Å². The van der Waals surface area contributed by atoms with E-state index in [1.165, 1.54) is 18.0 Å². The Morgan fingerprint density at radius 3 is 2.85 bits per heavy atom. The highest BCUT2D eigenvalue weighted by molar-refractivity contribution is 7.99. The number of ether oxygens (including phenoxy) is 2. The zero-order valence-corrected chi connectivity index (χ0v) is 19.3. The number of benzene rings is 2. The maximum absolute atomic E-state index is 13.3. The molecule has 1 unspecified atom stereocenters. The lowest BCUT2D eigenvalue weighted by molar-refractivity contribution is -0.121. The first kappa shape index (κ1) is 21.1. The normalized spacial score (nSPS) is 16.1. The quantitative estimate of drug-likeness (QED) is 0.424. The smallest absolute Gasteiger partial charge is 0.265 e. The number of halogens is 1. The molecule has 0 radical (unpaired) electrons. The van der Waals surface area contributed by atoms with Gasteiger partial charge in [-0.2, -0.15) is 5.10 Å². The van der Waals surface area contributed by atoms with Gasteiger partial charge in [-0.1, -0.05) is 29.4 Å². The number of nitrogens with zero attached hydrogens (tertiary/aromatic N) is 4. The lowest BCUT2D eigenvalue weighted by Gasteiger charge is -2.13. The SMILES string of the molecule is O=C(CC1CSc2nc3c(cnn3-c3ccc(Cl)cc3)c(=O)n21)NCc1ccc2c(c1)OCO2. The average molecular weight is 496 g/mol. The number of hydrogen-bond acceptors (Lipinski definition) is 7. The predicted molar refractivity (Wildman–Crippen MR) is 127 cm³/mol. The Hall–Kier alpha value is -3.50. The van der Waals surface area contributed by atoms with E-state index in [0.717, 1.165) is 11.3 Å². The molecule has 34 heavy (non-hydrogen) atoms. The van der Waals surface area contributed by atoms with Crippen molar-refractivity contribution in [3.63, 3.8) is 0 Å². The van der Waals surface area contributed by atoms with Gasteiger partial charge < -0.3 is 14.8 Å². The van der Waals surface area contributed by atoms with Crippen LogP contribution in [0.15, 0.2) is 58.6 Å². The van der Waals surface area contributed by atoms with Crippen molar-refractivity contribution in [3.8, 4) is 17.2 Å². The summed E-state index contributed by atoms with van der Waals surface area (Å²) in [7, 11) is 0. The largest absolute Gasteiger partial charge is 0.454 e. The van der Waals surface area contributed by atoms with Gasteiger partial charge in [0.05, 0.1) is 17.9 Å². The molecule has 0 saturated carbocycles. The van der Waals surface area contributed by atoms with E-state index in [1.807, 2.05) is 30.3 Å². The van der Waals surface area contributed by atoms with E-state index in [1.54, 1.807) is 21.4 Å². The van der Waals surface area contributed by atoms with Crippen LogP contribution in [0.4, 0.5) is 0 Å². The molecule has 0 saturated heterocycles. The van der Waals surface area contributed by atoms with E-state index in [2.05, 4.69) is 10.4 Å². The van der Waals surface area contributed by atoms with Gasteiger partial charge in [0.25, 0.3) is 5.56 Å². The first-order chi connectivity index (χ1) is 16.6. The molecule has 11 heteroatoms. The molecule has 0 aliphatic carbocycles. The van der Waals surface area contributed by atoms with E-state index in [-0.39, 0.29) is 30.7 Å². The third-order valence-electron chi connectivity index (χ3n) is 5.79. The Morgan fingerprint density at radius 2 is 2.00 bits per heavy atom. The molecule has 4 heterocycles. The van der Waals surface area contributed by atoms with Crippen LogP contribution in [0.3, 0.4) is 0 Å². The summed E-state index contributed by atoms with van der Waals surface area (Å²) in [6.07, 6.45) is 1.70. The second-order valence-electron chi connectivity index (χ2n) is 7.97. The average Bonchev–Trinajstić information content (AvgIpc) is 3.57. The molecule has 1 N–H and O–H groups in total. The minimum Gasteiger partial charge on any atom is -0.454 e.